The summed E-state index contributed by atoms with van der Waals surface area (Å²) in [4.78, 5) is 15.2. The summed E-state index contributed by atoms with van der Waals surface area (Å²) < 4.78 is 0. The van der Waals surface area contributed by atoms with Gasteiger partial charge in [-0.05, 0) is 62.8 Å². The molecule has 124 valence electrons. The summed E-state index contributed by atoms with van der Waals surface area (Å²) in [5, 5.41) is 9.80. The van der Waals surface area contributed by atoms with Crippen LogP contribution in [-0.4, -0.2) is 35.1 Å². The van der Waals surface area contributed by atoms with E-state index in [0.29, 0.717) is 23.8 Å². The molecule has 3 nitrogen and oxygen atoms in total. The van der Waals surface area contributed by atoms with Gasteiger partial charge in [0.05, 0.1) is 11.5 Å². The van der Waals surface area contributed by atoms with Gasteiger partial charge in [-0.15, -0.1) is 0 Å². The lowest BCUT2D eigenvalue weighted by Crippen LogP contribution is -2.42. The molecule has 3 saturated carbocycles. The Morgan fingerprint density at radius 3 is 2.17 bits per heavy atom. The van der Waals surface area contributed by atoms with Gasteiger partial charge in [0, 0.05) is 13.1 Å². The molecule has 3 aliphatic carbocycles. The average molecular weight is 313 g/mol. The Morgan fingerprint density at radius 1 is 1.09 bits per heavy atom. The number of benzene rings is 1. The number of likely N-dealkylation sites (N-methyl/N-ethyl adjacent to an activating group) is 1. The molecule has 3 fully saturated rings. The van der Waals surface area contributed by atoms with Crippen LogP contribution in [0.25, 0.3) is 0 Å². The predicted octanol–water partition coefficient (Wildman–Crippen LogP) is 3.03. The Kier molecular flexibility index (Phi) is 3.53. The first kappa shape index (κ1) is 15.2. The number of carbonyl (C=O) groups excluding carboxylic acids is 1. The third-order valence-corrected chi connectivity index (χ3v) is 6.60. The number of nitrogens with zero attached hydrogens (tertiary/aromatic N) is 1. The van der Waals surface area contributed by atoms with E-state index in [9.17, 15) is 9.90 Å². The SMILES string of the molecule is Cc1ccc(C2(C(=O)N(C)C3C[C@H]4CC(O)C[C@H]4C3)CC2)cc1. The Hall–Kier alpha value is -1.35. The third-order valence-electron chi connectivity index (χ3n) is 6.60. The largest absolute Gasteiger partial charge is 0.393 e. The molecular weight excluding hydrogens is 286 g/mol. The monoisotopic (exact) mass is 313 g/mol. The standard InChI is InChI=1S/C20H27NO2/c1-13-3-5-16(6-4-13)20(7-8-20)19(23)21(2)17-9-14-11-18(22)12-15(14)10-17/h3-6,14-15,17-18,22H,7-12H2,1-2H3/t14-,15+,17?,18?. The molecule has 1 aromatic carbocycles. The minimum absolute atomic E-state index is 0.103. The molecule has 3 aliphatic rings. The molecule has 1 N–H and O–H groups in total. The number of rotatable bonds is 3. The van der Waals surface area contributed by atoms with Crippen LogP contribution in [0.5, 0.6) is 0 Å². The summed E-state index contributed by atoms with van der Waals surface area (Å²) >= 11 is 0. The number of hydrogen-bond donors (Lipinski definition) is 1. The summed E-state index contributed by atoms with van der Waals surface area (Å²) in [5.41, 5.74) is 2.18. The van der Waals surface area contributed by atoms with E-state index in [1.807, 2.05) is 11.9 Å². The molecule has 1 amide bonds. The van der Waals surface area contributed by atoms with Crippen molar-refractivity contribution in [3.05, 3.63) is 35.4 Å². The molecule has 0 bridgehead atoms. The van der Waals surface area contributed by atoms with Crippen molar-refractivity contribution in [1.29, 1.82) is 0 Å². The molecule has 2 unspecified atom stereocenters. The molecule has 0 heterocycles. The number of hydrogen-bond acceptors (Lipinski definition) is 2. The quantitative estimate of drug-likeness (QED) is 0.932. The van der Waals surface area contributed by atoms with E-state index >= 15 is 0 Å². The van der Waals surface area contributed by atoms with E-state index < -0.39 is 0 Å². The van der Waals surface area contributed by atoms with E-state index in [2.05, 4.69) is 31.2 Å². The number of aliphatic hydroxyl groups is 1. The van der Waals surface area contributed by atoms with E-state index in [-0.39, 0.29) is 11.5 Å². The lowest BCUT2D eigenvalue weighted by atomic mass is 9.92. The van der Waals surface area contributed by atoms with Crippen LogP contribution in [0, 0.1) is 18.8 Å². The Morgan fingerprint density at radius 2 is 1.65 bits per heavy atom. The Balaban J connectivity index is 1.48. The van der Waals surface area contributed by atoms with Crippen molar-refractivity contribution in [2.24, 2.45) is 11.8 Å². The minimum atomic E-state index is -0.250. The van der Waals surface area contributed by atoms with Gasteiger partial charge >= 0.3 is 0 Å². The lowest BCUT2D eigenvalue weighted by molar-refractivity contribution is -0.134. The van der Waals surface area contributed by atoms with Crippen LogP contribution in [0.3, 0.4) is 0 Å². The molecule has 3 heteroatoms. The van der Waals surface area contributed by atoms with E-state index in [1.54, 1.807) is 0 Å². The van der Waals surface area contributed by atoms with Gasteiger partial charge < -0.3 is 10.0 Å². The normalized spacial score (nSPS) is 34.2. The fourth-order valence-electron chi connectivity index (χ4n) is 5.00. The zero-order valence-electron chi connectivity index (χ0n) is 14.2. The Bertz CT molecular complexity index is 591. The van der Waals surface area contributed by atoms with Crippen molar-refractivity contribution >= 4 is 5.91 Å². The highest BCUT2D eigenvalue weighted by Crippen LogP contribution is 2.51. The molecule has 23 heavy (non-hydrogen) atoms. The minimum Gasteiger partial charge on any atom is -0.393 e. The maximum atomic E-state index is 13.2. The molecule has 0 saturated heterocycles. The van der Waals surface area contributed by atoms with Crippen molar-refractivity contribution in [1.82, 2.24) is 4.90 Å². The zero-order valence-corrected chi connectivity index (χ0v) is 14.2. The smallest absolute Gasteiger partial charge is 0.233 e. The van der Waals surface area contributed by atoms with Crippen LogP contribution < -0.4 is 0 Å². The molecular formula is C20H27NO2. The topological polar surface area (TPSA) is 40.5 Å². The van der Waals surface area contributed by atoms with Crippen molar-refractivity contribution in [2.45, 2.75) is 63.0 Å². The van der Waals surface area contributed by atoms with E-state index in [1.165, 1.54) is 11.1 Å². The van der Waals surface area contributed by atoms with Gasteiger partial charge in [-0.25, -0.2) is 0 Å². The second kappa shape index (κ2) is 5.34. The Labute approximate surface area is 138 Å². The summed E-state index contributed by atoms with van der Waals surface area (Å²) in [6, 6.07) is 8.86. The van der Waals surface area contributed by atoms with Gasteiger partial charge in [0.2, 0.25) is 5.91 Å². The molecule has 0 spiro atoms. The zero-order chi connectivity index (χ0) is 16.2. The first-order valence-electron chi connectivity index (χ1n) is 9.02. The highest BCUT2D eigenvalue weighted by molar-refractivity contribution is 5.91. The summed E-state index contributed by atoms with van der Waals surface area (Å²) in [6.45, 7) is 2.09. The second-order valence-electron chi connectivity index (χ2n) is 8.13. The van der Waals surface area contributed by atoms with Gasteiger partial charge in [0.25, 0.3) is 0 Å². The molecule has 4 rings (SSSR count). The number of fused-ring (bicyclic) bond motifs is 1. The molecule has 0 aliphatic heterocycles. The van der Waals surface area contributed by atoms with Crippen molar-refractivity contribution in [2.75, 3.05) is 7.05 Å². The van der Waals surface area contributed by atoms with E-state index in [0.717, 1.165) is 38.5 Å². The highest BCUT2D eigenvalue weighted by Gasteiger charge is 2.54. The van der Waals surface area contributed by atoms with Crippen molar-refractivity contribution in [3.63, 3.8) is 0 Å². The van der Waals surface area contributed by atoms with Crippen LogP contribution in [0.15, 0.2) is 24.3 Å². The van der Waals surface area contributed by atoms with Crippen molar-refractivity contribution in [3.8, 4) is 0 Å². The van der Waals surface area contributed by atoms with Crippen LogP contribution >= 0.6 is 0 Å². The van der Waals surface area contributed by atoms with E-state index in [4.69, 9.17) is 0 Å². The number of aliphatic hydroxyl groups excluding tert-OH is 1. The van der Waals surface area contributed by atoms with Gasteiger partial charge in [-0.1, -0.05) is 29.8 Å². The molecule has 4 atom stereocenters. The predicted molar refractivity (Wildman–Crippen MR) is 90.1 cm³/mol. The fraction of sp³-hybridized carbons (Fsp3) is 0.650. The maximum absolute atomic E-state index is 13.2. The number of amides is 1. The van der Waals surface area contributed by atoms with Crippen LogP contribution in [-0.2, 0) is 10.2 Å². The van der Waals surface area contributed by atoms with Gasteiger partial charge in [0.1, 0.15) is 0 Å². The van der Waals surface area contributed by atoms with Crippen LogP contribution in [0.1, 0.15) is 49.7 Å². The molecule has 0 aromatic heterocycles. The molecule has 0 radical (unpaired) electrons. The van der Waals surface area contributed by atoms with Gasteiger partial charge in [0.15, 0.2) is 0 Å². The average Bonchev–Trinajstić information content (AvgIpc) is 3.13. The second-order valence-corrected chi connectivity index (χ2v) is 8.13. The number of carbonyl (C=O) groups is 1. The summed E-state index contributed by atoms with van der Waals surface area (Å²) in [5.74, 6) is 1.56. The lowest BCUT2D eigenvalue weighted by Gasteiger charge is -2.30. The van der Waals surface area contributed by atoms with Crippen LogP contribution in [0.4, 0.5) is 0 Å². The molecule has 1 aromatic rings. The summed E-state index contributed by atoms with van der Waals surface area (Å²) in [6.07, 6.45) is 5.89. The fourth-order valence-corrected chi connectivity index (χ4v) is 5.00. The summed E-state index contributed by atoms with van der Waals surface area (Å²) in [7, 11) is 2.00. The van der Waals surface area contributed by atoms with Gasteiger partial charge in [-0.2, -0.15) is 0 Å². The highest BCUT2D eigenvalue weighted by atomic mass is 16.3. The third kappa shape index (κ3) is 2.50. The first-order valence-corrected chi connectivity index (χ1v) is 9.02. The van der Waals surface area contributed by atoms with Gasteiger partial charge in [-0.3, -0.25) is 4.79 Å². The number of aryl methyl sites for hydroxylation is 1. The maximum Gasteiger partial charge on any atom is 0.233 e. The van der Waals surface area contributed by atoms with Crippen molar-refractivity contribution < 1.29 is 9.90 Å². The van der Waals surface area contributed by atoms with Crippen LogP contribution in [0.2, 0.25) is 0 Å². The first-order chi connectivity index (χ1) is 11.0.